The minimum Gasteiger partial charge on any atom is -0.399 e. The predicted molar refractivity (Wildman–Crippen MR) is 80.7 cm³/mol. The van der Waals surface area contributed by atoms with Crippen LogP contribution in [0.5, 0.6) is 0 Å². The van der Waals surface area contributed by atoms with E-state index in [0.29, 0.717) is 40.6 Å². The molecule has 21 heavy (non-hydrogen) atoms. The molecule has 0 heterocycles. The van der Waals surface area contributed by atoms with Crippen LogP contribution in [-0.4, -0.2) is 19.3 Å². The standard InChI is InChI=1S/C14H17ClF3N3/c1-9(21-8-14(16,17)18)5-6-20-10(2)12-7-11(19)3-4-13(12)15/h3-4,7,20-21H,1-2,5-6,8,19H2. The lowest BCUT2D eigenvalue weighted by molar-refractivity contribution is -0.123. The van der Waals surface area contributed by atoms with E-state index < -0.39 is 12.7 Å². The maximum Gasteiger partial charge on any atom is 0.405 e. The van der Waals surface area contributed by atoms with Gasteiger partial charge in [-0.2, -0.15) is 13.2 Å². The van der Waals surface area contributed by atoms with Gasteiger partial charge >= 0.3 is 6.18 Å². The summed E-state index contributed by atoms with van der Waals surface area (Å²) in [6, 6.07) is 5.00. The van der Waals surface area contributed by atoms with Gasteiger partial charge in [-0.1, -0.05) is 24.8 Å². The Morgan fingerprint density at radius 1 is 1.24 bits per heavy atom. The molecular formula is C14H17ClF3N3. The number of anilines is 1. The number of halogens is 4. The van der Waals surface area contributed by atoms with E-state index in [0.717, 1.165) is 0 Å². The normalized spacial score (nSPS) is 11.0. The lowest BCUT2D eigenvalue weighted by atomic mass is 10.1. The Balaban J connectivity index is 2.40. The number of hydrogen-bond acceptors (Lipinski definition) is 3. The Morgan fingerprint density at radius 2 is 1.90 bits per heavy atom. The van der Waals surface area contributed by atoms with Gasteiger partial charge in [0.2, 0.25) is 0 Å². The molecular weight excluding hydrogens is 303 g/mol. The summed E-state index contributed by atoms with van der Waals surface area (Å²) in [6.45, 7) is 6.65. The molecule has 0 spiro atoms. The summed E-state index contributed by atoms with van der Waals surface area (Å²) in [6.07, 6.45) is -3.93. The fraction of sp³-hybridized carbons (Fsp3) is 0.286. The molecule has 3 nitrogen and oxygen atoms in total. The molecule has 0 aromatic heterocycles. The minimum atomic E-state index is -4.25. The summed E-state index contributed by atoms with van der Waals surface area (Å²) in [5.74, 6) is 0. The van der Waals surface area contributed by atoms with E-state index >= 15 is 0 Å². The van der Waals surface area contributed by atoms with E-state index in [-0.39, 0.29) is 0 Å². The SMILES string of the molecule is C=C(CCNC(=C)c1cc(N)ccc1Cl)NCC(F)(F)F. The van der Waals surface area contributed by atoms with Gasteiger partial charge < -0.3 is 16.4 Å². The summed E-state index contributed by atoms with van der Waals surface area (Å²) in [4.78, 5) is 0. The Labute approximate surface area is 126 Å². The van der Waals surface area contributed by atoms with E-state index in [1.165, 1.54) is 0 Å². The minimum absolute atomic E-state index is 0.297. The van der Waals surface area contributed by atoms with E-state index in [1.54, 1.807) is 18.2 Å². The fourth-order valence-electron chi connectivity index (χ4n) is 1.55. The van der Waals surface area contributed by atoms with Gasteiger partial charge in [0.1, 0.15) is 6.54 Å². The van der Waals surface area contributed by atoms with Crippen LogP contribution in [0.15, 0.2) is 37.1 Å². The molecule has 7 heteroatoms. The van der Waals surface area contributed by atoms with E-state index in [2.05, 4.69) is 23.8 Å². The third-order valence-corrected chi connectivity index (χ3v) is 2.95. The maximum absolute atomic E-state index is 12.0. The highest BCUT2D eigenvalue weighted by Gasteiger charge is 2.26. The summed E-state index contributed by atoms with van der Waals surface area (Å²) in [7, 11) is 0. The topological polar surface area (TPSA) is 50.1 Å². The molecule has 0 fully saturated rings. The molecule has 0 aliphatic heterocycles. The van der Waals surface area contributed by atoms with Gasteiger partial charge in [0, 0.05) is 40.6 Å². The number of nitrogens with two attached hydrogens (primary N) is 1. The van der Waals surface area contributed by atoms with Crippen LogP contribution in [0.2, 0.25) is 5.02 Å². The number of hydrogen-bond donors (Lipinski definition) is 3. The molecule has 0 saturated heterocycles. The molecule has 0 saturated carbocycles. The van der Waals surface area contributed by atoms with Crippen molar-refractivity contribution in [3.05, 3.63) is 47.6 Å². The van der Waals surface area contributed by atoms with Gasteiger partial charge in [0.25, 0.3) is 0 Å². The van der Waals surface area contributed by atoms with Gasteiger partial charge in [0.15, 0.2) is 0 Å². The molecule has 1 aromatic rings. The first kappa shape index (κ1) is 17.2. The quantitative estimate of drug-likeness (QED) is 0.674. The Kier molecular flexibility index (Phi) is 5.96. The number of nitrogens with one attached hydrogen (secondary N) is 2. The molecule has 0 unspecified atom stereocenters. The van der Waals surface area contributed by atoms with Gasteiger partial charge in [0.05, 0.1) is 0 Å². The molecule has 0 aliphatic rings. The lowest BCUT2D eigenvalue weighted by Crippen LogP contribution is -2.29. The zero-order valence-electron chi connectivity index (χ0n) is 11.4. The third-order valence-electron chi connectivity index (χ3n) is 2.62. The largest absolute Gasteiger partial charge is 0.405 e. The van der Waals surface area contributed by atoms with Crippen molar-refractivity contribution in [3.8, 4) is 0 Å². The average Bonchev–Trinajstić information content (AvgIpc) is 2.38. The van der Waals surface area contributed by atoms with Crippen LogP contribution in [0.4, 0.5) is 18.9 Å². The van der Waals surface area contributed by atoms with Crippen molar-refractivity contribution in [3.63, 3.8) is 0 Å². The van der Waals surface area contributed by atoms with Crippen molar-refractivity contribution in [2.24, 2.45) is 0 Å². The number of nitrogen functional groups attached to an aromatic ring is 1. The smallest absolute Gasteiger partial charge is 0.399 e. The molecule has 116 valence electrons. The van der Waals surface area contributed by atoms with Crippen LogP contribution in [0.3, 0.4) is 0 Å². The van der Waals surface area contributed by atoms with Gasteiger partial charge in [-0.25, -0.2) is 0 Å². The molecule has 1 rings (SSSR count). The highest BCUT2D eigenvalue weighted by atomic mass is 35.5. The zero-order chi connectivity index (χ0) is 16.0. The van der Waals surface area contributed by atoms with Crippen LogP contribution < -0.4 is 16.4 Å². The first-order chi connectivity index (χ1) is 9.69. The highest BCUT2D eigenvalue weighted by molar-refractivity contribution is 6.32. The van der Waals surface area contributed by atoms with Crippen LogP contribution in [0, 0.1) is 0 Å². The van der Waals surface area contributed by atoms with E-state index in [1.807, 2.05) is 0 Å². The first-order valence-electron chi connectivity index (χ1n) is 6.15. The summed E-state index contributed by atoms with van der Waals surface area (Å²) < 4.78 is 36.0. The Morgan fingerprint density at radius 3 is 2.52 bits per heavy atom. The van der Waals surface area contributed by atoms with Crippen molar-refractivity contribution in [1.82, 2.24) is 10.6 Å². The summed E-state index contributed by atoms with van der Waals surface area (Å²) >= 11 is 6.02. The summed E-state index contributed by atoms with van der Waals surface area (Å²) in [5, 5.41) is 5.70. The number of alkyl halides is 3. The highest BCUT2D eigenvalue weighted by Crippen LogP contribution is 2.23. The lowest BCUT2D eigenvalue weighted by Gasteiger charge is -2.14. The molecule has 0 radical (unpaired) electrons. The number of rotatable bonds is 7. The van der Waals surface area contributed by atoms with Crippen LogP contribution >= 0.6 is 11.6 Å². The average molecular weight is 320 g/mol. The number of benzene rings is 1. The van der Waals surface area contributed by atoms with Crippen molar-refractivity contribution >= 4 is 23.0 Å². The molecule has 1 aromatic carbocycles. The maximum atomic E-state index is 12.0. The first-order valence-corrected chi connectivity index (χ1v) is 6.53. The van der Waals surface area contributed by atoms with Gasteiger partial charge in [-0.05, 0) is 18.2 Å². The molecule has 0 bridgehead atoms. The van der Waals surface area contributed by atoms with E-state index in [4.69, 9.17) is 17.3 Å². The van der Waals surface area contributed by atoms with Crippen molar-refractivity contribution in [2.45, 2.75) is 12.6 Å². The summed E-state index contributed by atoms with van der Waals surface area (Å²) in [5.41, 5.74) is 7.72. The van der Waals surface area contributed by atoms with Crippen molar-refractivity contribution in [2.75, 3.05) is 18.8 Å². The van der Waals surface area contributed by atoms with Crippen LogP contribution in [0.1, 0.15) is 12.0 Å². The monoisotopic (exact) mass is 319 g/mol. The fourth-order valence-corrected chi connectivity index (χ4v) is 1.78. The van der Waals surface area contributed by atoms with Crippen LogP contribution in [-0.2, 0) is 0 Å². The third kappa shape index (κ3) is 6.44. The van der Waals surface area contributed by atoms with Crippen molar-refractivity contribution < 1.29 is 13.2 Å². The van der Waals surface area contributed by atoms with Crippen LogP contribution in [0.25, 0.3) is 5.70 Å². The Bertz CT molecular complexity index is 527. The van der Waals surface area contributed by atoms with Gasteiger partial charge in [-0.15, -0.1) is 0 Å². The van der Waals surface area contributed by atoms with Gasteiger partial charge in [-0.3, -0.25) is 0 Å². The molecule has 0 atom stereocenters. The molecule has 0 amide bonds. The second-order valence-corrected chi connectivity index (χ2v) is 4.87. The Hall–Kier alpha value is -1.82. The second-order valence-electron chi connectivity index (χ2n) is 4.47. The second kappa shape index (κ2) is 7.26. The molecule has 0 aliphatic carbocycles. The van der Waals surface area contributed by atoms with Crippen molar-refractivity contribution in [1.29, 1.82) is 0 Å². The van der Waals surface area contributed by atoms with E-state index in [9.17, 15) is 13.2 Å². The predicted octanol–water partition coefficient (Wildman–Crippen LogP) is 3.54. The molecule has 4 N–H and O–H groups in total. The zero-order valence-corrected chi connectivity index (χ0v) is 12.1.